The van der Waals surface area contributed by atoms with Crippen molar-refractivity contribution in [3.8, 4) is 11.6 Å². The SMILES string of the molecule is CCc1nnc(-c2cccn2CC(=O)Nc2ccc(Cl)cc2C)o1. The molecule has 0 bridgehead atoms. The number of amides is 1. The van der Waals surface area contributed by atoms with Gasteiger partial charge in [-0.2, -0.15) is 0 Å². The van der Waals surface area contributed by atoms with E-state index in [4.69, 9.17) is 16.0 Å². The van der Waals surface area contributed by atoms with Crippen LogP contribution in [0.2, 0.25) is 5.02 Å². The summed E-state index contributed by atoms with van der Waals surface area (Å²) in [4.78, 5) is 12.3. The number of anilines is 1. The maximum atomic E-state index is 12.3. The molecular formula is C17H17ClN4O2. The summed E-state index contributed by atoms with van der Waals surface area (Å²) >= 11 is 5.93. The lowest BCUT2D eigenvalue weighted by Gasteiger charge is -2.10. The van der Waals surface area contributed by atoms with Crippen molar-refractivity contribution in [2.75, 3.05) is 5.32 Å². The number of hydrogen-bond acceptors (Lipinski definition) is 4. The van der Waals surface area contributed by atoms with Gasteiger partial charge in [0.2, 0.25) is 11.8 Å². The van der Waals surface area contributed by atoms with Gasteiger partial charge in [-0.15, -0.1) is 10.2 Å². The largest absolute Gasteiger partial charge is 0.419 e. The second-order valence-electron chi connectivity index (χ2n) is 5.38. The zero-order chi connectivity index (χ0) is 17.1. The third-order valence-electron chi connectivity index (χ3n) is 3.59. The van der Waals surface area contributed by atoms with Crippen molar-refractivity contribution in [2.24, 2.45) is 0 Å². The molecule has 3 rings (SSSR count). The Hall–Kier alpha value is -2.60. The molecule has 0 aliphatic carbocycles. The van der Waals surface area contributed by atoms with E-state index >= 15 is 0 Å². The van der Waals surface area contributed by atoms with Crippen LogP contribution in [0.3, 0.4) is 0 Å². The van der Waals surface area contributed by atoms with Gasteiger partial charge in [0.25, 0.3) is 5.89 Å². The van der Waals surface area contributed by atoms with Gasteiger partial charge < -0.3 is 14.3 Å². The standard InChI is InChI=1S/C17H17ClN4O2/c1-3-16-20-21-17(24-16)14-5-4-8-22(14)10-15(23)19-13-7-6-12(18)9-11(13)2/h4-9H,3,10H2,1-2H3,(H,19,23). The van der Waals surface area contributed by atoms with E-state index in [2.05, 4.69) is 15.5 Å². The van der Waals surface area contributed by atoms with Crippen molar-refractivity contribution in [2.45, 2.75) is 26.8 Å². The Labute approximate surface area is 144 Å². The third kappa shape index (κ3) is 3.49. The number of carbonyl (C=O) groups excluding carboxylic acids is 1. The predicted molar refractivity (Wildman–Crippen MR) is 91.9 cm³/mol. The molecule has 0 aliphatic heterocycles. The second-order valence-corrected chi connectivity index (χ2v) is 5.82. The Morgan fingerprint density at radius 1 is 1.33 bits per heavy atom. The summed E-state index contributed by atoms with van der Waals surface area (Å²) in [5, 5.41) is 11.5. The molecule has 0 fully saturated rings. The molecule has 0 spiro atoms. The number of benzene rings is 1. The average Bonchev–Trinajstić information content (AvgIpc) is 3.18. The number of carbonyl (C=O) groups is 1. The summed E-state index contributed by atoms with van der Waals surface area (Å²) < 4.78 is 7.33. The van der Waals surface area contributed by atoms with E-state index in [0.29, 0.717) is 28.9 Å². The molecule has 6 nitrogen and oxygen atoms in total. The van der Waals surface area contributed by atoms with Crippen molar-refractivity contribution >= 4 is 23.2 Å². The normalized spacial score (nSPS) is 10.8. The van der Waals surface area contributed by atoms with Gasteiger partial charge in [0.1, 0.15) is 12.2 Å². The monoisotopic (exact) mass is 344 g/mol. The molecule has 1 amide bonds. The first kappa shape index (κ1) is 16.3. The second kappa shape index (κ2) is 6.88. The minimum atomic E-state index is -0.145. The molecule has 24 heavy (non-hydrogen) atoms. The van der Waals surface area contributed by atoms with E-state index in [-0.39, 0.29) is 12.5 Å². The highest BCUT2D eigenvalue weighted by molar-refractivity contribution is 6.30. The summed E-state index contributed by atoms with van der Waals surface area (Å²) in [5.41, 5.74) is 2.36. The minimum Gasteiger partial charge on any atom is -0.419 e. The molecule has 2 aromatic heterocycles. The number of aromatic nitrogens is 3. The van der Waals surface area contributed by atoms with Gasteiger partial charge >= 0.3 is 0 Å². The lowest BCUT2D eigenvalue weighted by molar-refractivity contribution is -0.116. The fourth-order valence-corrected chi connectivity index (χ4v) is 2.58. The highest BCUT2D eigenvalue weighted by atomic mass is 35.5. The predicted octanol–water partition coefficient (Wildman–Crippen LogP) is 3.70. The Bertz CT molecular complexity index is 869. The van der Waals surface area contributed by atoms with Gasteiger partial charge in [-0.1, -0.05) is 18.5 Å². The Kier molecular flexibility index (Phi) is 4.66. The topological polar surface area (TPSA) is 73.0 Å². The maximum Gasteiger partial charge on any atom is 0.264 e. The van der Waals surface area contributed by atoms with Gasteiger partial charge in [-0.25, -0.2) is 0 Å². The number of hydrogen-bond donors (Lipinski definition) is 1. The van der Waals surface area contributed by atoms with Crippen LogP contribution < -0.4 is 5.32 Å². The third-order valence-corrected chi connectivity index (χ3v) is 3.83. The van der Waals surface area contributed by atoms with Gasteiger partial charge in [-0.05, 0) is 42.8 Å². The van der Waals surface area contributed by atoms with Crippen molar-refractivity contribution in [1.29, 1.82) is 0 Å². The van der Waals surface area contributed by atoms with E-state index in [0.717, 1.165) is 11.3 Å². The fourth-order valence-electron chi connectivity index (χ4n) is 2.36. The molecule has 0 saturated carbocycles. The number of nitrogens with zero attached hydrogens (tertiary/aromatic N) is 3. The van der Waals surface area contributed by atoms with Crippen LogP contribution in [0.4, 0.5) is 5.69 Å². The van der Waals surface area contributed by atoms with E-state index < -0.39 is 0 Å². The van der Waals surface area contributed by atoms with Crippen LogP contribution >= 0.6 is 11.6 Å². The molecule has 0 unspecified atom stereocenters. The highest BCUT2D eigenvalue weighted by Crippen LogP contribution is 2.21. The number of aryl methyl sites for hydroxylation is 2. The zero-order valence-electron chi connectivity index (χ0n) is 13.4. The van der Waals surface area contributed by atoms with Crippen molar-refractivity contribution < 1.29 is 9.21 Å². The van der Waals surface area contributed by atoms with Gasteiger partial charge in [-0.3, -0.25) is 4.79 Å². The first-order valence-corrected chi connectivity index (χ1v) is 7.98. The maximum absolute atomic E-state index is 12.3. The van der Waals surface area contributed by atoms with Crippen LogP contribution in [0.5, 0.6) is 0 Å². The number of rotatable bonds is 5. The van der Waals surface area contributed by atoms with Crippen LogP contribution in [-0.4, -0.2) is 20.7 Å². The van der Waals surface area contributed by atoms with Gasteiger partial charge in [0.05, 0.1) is 0 Å². The first-order valence-electron chi connectivity index (χ1n) is 7.60. The molecule has 2 heterocycles. The lowest BCUT2D eigenvalue weighted by Crippen LogP contribution is -2.19. The van der Waals surface area contributed by atoms with E-state index in [1.54, 1.807) is 22.9 Å². The molecule has 3 aromatic rings. The van der Waals surface area contributed by atoms with Crippen LogP contribution in [0.1, 0.15) is 18.4 Å². The molecule has 1 N–H and O–H groups in total. The van der Waals surface area contributed by atoms with Crippen molar-refractivity contribution in [3.63, 3.8) is 0 Å². The minimum absolute atomic E-state index is 0.145. The number of halogens is 1. The van der Waals surface area contributed by atoms with Crippen LogP contribution in [-0.2, 0) is 17.8 Å². The van der Waals surface area contributed by atoms with Crippen LogP contribution in [0.15, 0.2) is 40.9 Å². The smallest absolute Gasteiger partial charge is 0.264 e. The summed E-state index contributed by atoms with van der Waals surface area (Å²) in [5.74, 6) is 0.833. The van der Waals surface area contributed by atoms with E-state index in [1.807, 2.05) is 32.0 Å². The van der Waals surface area contributed by atoms with Crippen molar-refractivity contribution in [3.05, 3.63) is 53.0 Å². The quantitative estimate of drug-likeness (QED) is 0.766. The molecule has 124 valence electrons. The van der Waals surface area contributed by atoms with Crippen molar-refractivity contribution in [1.82, 2.24) is 14.8 Å². The Balaban J connectivity index is 1.74. The van der Waals surface area contributed by atoms with Crippen LogP contribution in [0, 0.1) is 6.92 Å². The summed E-state index contributed by atoms with van der Waals surface area (Å²) in [6.07, 6.45) is 2.48. The molecule has 0 atom stereocenters. The van der Waals surface area contributed by atoms with E-state index in [9.17, 15) is 4.79 Å². The zero-order valence-corrected chi connectivity index (χ0v) is 14.2. The van der Waals surface area contributed by atoms with E-state index in [1.165, 1.54) is 0 Å². The summed E-state index contributed by atoms with van der Waals surface area (Å²) in [6, 6.07) is 9.02. The molecule has 1 aromatic carbocycles. The Morgan fingerprint density at radius 2 is 2.17 bits per heavy atom. The highest BCUT2D eigenvalue weighted by Gasteiger charge is 2.14. The molecular weight excluding hydrogens is 328 g/mol. The van der Waals surface area contributed by atoms with Crippen LogP contribution in [0.25, 0.3) is 11.6 Å². The first-order chi connectivity index (χ1) is 11.6. The van der Waals surface area contributed by atoms with Gasteiger partial charge in [0.15, 0.2) is 0 Å². The molecule has 0 aliphatic rings. The number of nitrogens with one attached hydrogen (secondary N) is 1. The molecule has 7 heteroatoms. The summed E-state index contributed by atoms with van der Waals surface area (Å²) in [6.45, 7) is 3.99. The molecule has 0 saturated heterocycles. The lowest BCUT2D eigenvalue weighted by atomic mass is 10.2. The molecule has 0 radical (unpaired) electrons. The van der Waals surface area contributed by atoms with Gasteiger partial charge in [0, 0.05) is 23.3 Å². The Morgan fingerprint density at radius 3 is 2.88 bits per heavy atom. The fraction of sp³-hybridized carbons (Fsp3) is 0.235. The summed E-state index contributed by atoms with van der Waals surface area (Å²) in [7, 11) is 0. The average molecular weight is 345 g/mol.